The van der Waals surface area contributed by atoms with Crippen LogP contribution in [0.1, 0.15) is 50.5 Å². The third-order valence-electron chi connectivity index (χ3n) is 4.97. The van der Waals surface area contributed by atoms with E-state index in [9.17, 15) is 17.6 Å². The number of alkyl halides is 3. The Hall–Kier alpha value is -2.03. The fourth-order valence-electron chi connectivity index (χ4n) is 3.53. The fourth-order valence-corrected chi connectivity index (χ4v) is 3.53. The molecule has 1 aromatic rings. The first-order valence-electron chi connectivity index (χ1n) is 8.96. The second-order valence-corrected chi connectivity index (χ2v) is 6.86. The molecule has 2 nitrogen and oxygen atoms in total. The van der Waals surface area contributed by atoms with Gasteiger partial charge >= 0.3 is 6.36 Å². The van der Waals surface area contributed by atoms with Crippen molar-refractivity contribution in [2.45, 2.75) is 57.7 Å². The van der Waals surface area contributed by atoms with Gasteiger partial charge in [-0.15, -0.1) is 13.2 Å². The predicted molar refractivity (Wildman–Crippen MR) is 90.9 cm³/mol. The van der Waals surface area contributed by atoms with Crippen molar-refractivity contribution in [2.75, 3.05) is 0 Å². The zero-order valence-corrected chi connectivity index (χ0v) is 14.6. The number of nitriles is 1. The Labute approximate surface area is 151 Å². The molecule has 1 aliphatic rings. The lowest BCUT2D eigenvalue weighted by atomic mass is 9.78. The first-order valence-corrected chi connectivity index (χ1v) is 8.96. The summed E-state index contributed by atoms with van der Waals surface area (Å²) in [6.07, 6.45) is 4.59. The maximum absolute atomic E-state index is 12.8. The van der Waals surface area contributed by atoms with Gasteiger partial charge in [-0.1, -0.05) is 37.8 Å². The molecule has 1 aliphatic carbocycles. The molecule has 6 heteroatoms. The maximum atomic E-state index is 12.8. The summed E-state index contributed by atoms with van der Waals surface area (Å²) in [5, 5.41) is 8.37. The lowest BCUT2D eigenvalue weighted by molar-refractivity contribution is -0.274. The number of nitrogens with zero attached hydrogens (tertiary/aromatic N) is 1. The SMILES string of the molecule is N#C/C(F)=C/CC[C@H]1CC[C@H](CCc2ccc(OC(F)(F)F)cc2)CC1. The molecule has 1 fully saturated rings. The minimum absolute atomic E-state index is 0.191. The Morgan fingerprint density at radius 1 is 1.08 bits per heavy atom. The van der Waals surface area contributed by atoms with Crippen LogP contribution in [0.2, 0.25) is 0 Å². The number of hydrogen-bond acceptors (Lipinski definition) is 2. The fraction of sp³-hybridized carbons (Fsp3) is 0.550. The molecule has 26 heavy (non-hydrogen) atoms. The van der Waals surface area contributed by atoms with Gasteiger partial charge in [-0.3, -0.25) is 0 Å². The third-order valence-corrected chi connectivity index (χ3v) is 4.97. The van der Waals surface area contributed by atoms with Crippen LogP contribution >= 0.6 is 0 Å². The van der Waals surface area contributed by atoms with E-state index in [-0.39, 0.29) is 5.75 Å². The number of rotatable bonds is 7. The Bertz CT molecular complexity index is 623. The van der Waals surface area contributed by atoms with E-state index in [0.29, 0.717) is 18.3 Å². The van der Waals surface area contributed by atoms with Gasteiger partial charge in [0.2, 0.25) is 0 Å². The summed E-state index contributed by atoms with van der Waals surface area (Å²) in [5.41, 5.74) is 1.01. The van der Waals surface area contributed by atoms with E-state index >= 15 is 0 Å². The number of aryl methyl sites for hydroxylation is 1. The second-order valence-electron chi connectivity index (χ2n) is 6.86. The molecule has 1 saturated carbocycles. The highest BCUT2D eigenvalue weighted by Crippen LogP contribution is 2.34. The van der Waals surface area contributed by atoms with Crippen molar-refractivity contribution in [3.63, 3.8) is 0 Å². The van der Waals surface area contributed by atoms with Crippen molar-refractivity contribution >= 4 is 0 Å². The molecule has 1 aromatic carbocycles. The summed E-state index contributed by atoms with van der Waals surface area (Å²) in [4.78, 5) is 0. The second kappa shape index (κ2) is 9.61. The number of ether oxygens (including phenoxy) is 1. The lowest BCUT2D eigenvalue weighted by Crippen LogP contribution is -2.17. The molecular weight excluding hydrogens is 346 g/mol. The Morgan fingerprint density at radius 3 is 2.19 bits per heavy atom. The number of halogens is 4. The van der Waals surface area contributed by atoms with Crippen molar-refractivity contribution < 1.29 is 22.3 Å². The van der Waals surface area contributed by atoms with Gasteiger partial charge in [-0.25, -0.2) is 0 Å². The molecule has 0 spiro atoms. The maximum Gasteiger partial charge on any atom is 0.573 e. The lowest BCUT2D eigenvalue weighted by Gasteiger charge is -2.28. The van der Waals surface area contributed by atoms with E-state index in [4.69, 9.17) is 5.26 Å². The first kappa shape index (κ1) is 20.3. The Kier molecular flexibility index (Phi) is 7.50. The molecular formula is C20H23F4NO. The van der Waals surface area contributed by atoms with E-state index in [1.807, 2.05) is 0 Å². The molecule has 2 rings (SSSR count). The summed E-state index contributed by atoms with van der Waals surface area (Å²) in [6.45, 7) is 0. The van der Waals surface area contributed by atoms with Gasteiger partial charge in [0.15, 0.2) is 5.83 Å². The summed E-state index contributed by atoms with van der Waals surface area (Å²) < 4.78 is 53.0. The van der Waals surface area contributed by atoms with Gasteiger partial charge in [-0.2, -0.15) is 9.65 Å². The van der Waals surface area contributed by atoms with Crippen LogP contribution in [0.25, 0.3) is 0 Å². The van der Waals surface area contributed by atoms with E-state index in [2.05, 4.69) is 4.74 Å². The predicted octanol–water partition coefficient (Wildman–Crippen LogP) is 6.48. The van der Waals surface area contributed by atoms with Crippen molar-refractivity contribution in [3.8, 4) is 11.8 Å². The highest BCUT2D eigenvalue weighted by molar-refractivity contribution is 5.27. The largest absolute Gasteiger partial charge is 0.573 e. The minimum atomic E-state index is -4.66. The molecule has 0 bridgehead atoms. The van der Waals surface area contributed by atoms with Crippen molar-refractivity contribution in [1.29, 1.82) is 5.26 Å². The van der Waals surface area contributed by atoms with Gasteiger partial charge in [0, 0.05) is 0 Å². The molecule has 0 atom stereocenters. The average Bonchev–Trinajstić information content (AvgIpc) is 2.61. The highest BCUT2D eigenvalue weighted by Gasteiger charge is 2.31. The van der Waals surface area contributed by atoms with E-state index in [1.165, 1.54) is 24.3 Å². The average molecular weight is 369 g/mol. The van der Waals surface area contributed by atoms with Crippen LogP contribution in [-0.4, -0.2) is 6.36 Å². The van der Waals surface area contributed by atoms with Gasteiger partial charge in [0.1, 0.15) is 11.8 Å². The van der Waals surface area contributed by atoms with Crippen LogP contribution < -0.4 is 4.74 Å². The minimum Gasteiger partial charge on any atom is -0.406 e. The molecule has 0 aliphatic heterocycles. The summed E-state index contributed by atoms with van der Waals surface area (Å²) in [5.74, 6) is 0.325. The molecule has 142 valence electrons. The Morgan fingerprint density at radius 2 is 1.65 bits per heavy atom. The first-order chi connectivity index (χ1) is 12.4. The highest BCUT2D eigenvalue weighted by atomic mass is 19.4. The van der Waals surface area contributed by atoms with Crippen molar-refractivity contribution in [3.05, 3.63) is 41.7 Å². The van der Waals surface area contributed by atoms with Gasteiger partial charge < -0.3 is 4.74 Å². The van der Waals surface area contributed by atoms with E-state index < -0.39 is 12.2 Å². The number of allylic oxidation sites excluding steroid dienone is 2. The molecule has 0 aromatic heterocycles. The van der Waals surface area contributed by atoms with Crippen molar-refractivity contribution in [2.24, 2.45) is 11.8 Å². The molecule has 0 radical (unpaired) electrons. The molecule has 0 N–H and O–H groups in total. The number of benzene rings is 1. The smallest absolute Gasteiger partial charge is 0.406 e. The van der Waals surface area contributed by atoms with Crippen LogP contribution in [-0.2, 0) is 6.42 Å². The summed E-state index contributed by atoms with van der Waals surface area (Å²) in [7, 11) is 0. The van der Waals surface area contributed by atoms with E-state index in [1.54, 1.807) is 12.1 Å². The van der Waals surface area contributed by atoms with Gasteiger partial charge in [0.25, 0.3) is 0 Å². The van der Waals surface area contributed by atoms with Crippen LogP contribution in [0, 0.1) is 23.2 Å². The summed E-state index contributed by atoms with van der Waals surface area (Å²) >= 11 is 0. The molecule has 0 saturated heterocycles. The molecule has 0 amide bonds. The molecule has 0 heterocycles. The van der Waals surface area contributed by atoms with Gasteiger partial charge in [0.05, 0.1) is 0 Å². The Balaban J connectivity index is 1.68. The van der Waals surface area contributed by atoms with Crippen molar-refractivity contribution in [1.82, 2.24) is 0 Å². The van der Waals surface area contributed by atoms with Gasteiger partial charge in [-0.05, 0) is 61.3 Å². The quantitative estimate of drug-likeness (QED) is 0.407. The third kappa shape index (κ3) is 7.47. The summed E-state index contributed by atoms with van der Waals surface area (Å²) in [6, 6.07) is 7.56. The van der Waals surface area contributed by atoms with Crippen LogP contribution in [0.4, 0.5) is 17.6 Å². The monoisotopic (exact) mass is 369 g/mol. The standard InChI is InChI=1S/C20H23F4NO/c21-18(14-25)3-1-2-15-4-6-16(7-5-15)8-9-17-10-12-19(13-11-17)26-20(22,23)24/h3,10-13,15-16H,1-2,4-9H2/b18-3-/t15-,16-. The zero-order chi connectivity index (χ0) is 19.0. The van der Waals surface area contributed by atoms with Crippen LogP contribution in [0.5, 0.6) is 5.75 Å². The topological polar surface area (TPSA) is 33.0 Å². The van der Waals surface area contributed by atoms with Crippen LogP contribution in [0.3, 0.4) is 0 Å². The number of hydrogen-bond donors (Lipinski definition) is 0. The normalized spacial score (nSPS) is 21.3. The molecule has 0 unspecified atom stereocenters. The van der Waals surface area contributed by atoms with E-state index in [0.717, 1.165) is 50.5 Å². The van der Waals surface area contributed by atoms with Crippen LogP contribution in [0.15, 0.2) is 36.2 Å². The zero-order valence-electron chi connectivity index (χ0n) is 14.6.